The van der Waals surface area contributed by atoms with Crippen LogP contribution in [0, 0.1) is 0 Å². The van der Waals surface area contributed by atoms with E-state index in [1.54, 1.807) is 18.3 Å². The lowest BCUT2D eigenvalue weighted by molar-refractivity contribution is 0.100. The van der Waals surface area contributed by atoms with Crippen molar-refractivity contribution in [2.24, 2.45) is 5.73 Å². The number of nitrogens with two attached hydrogens (primary N) is 1. The van der Waals surface area contributed by atoms with Crippen LogP contribution in [0.1, 0.15) is 23.2 Å². The Morgan fingerprint density at radius 3 is 3.24 bits per heavy atom. The number of aromatic nitrogens is 1. The quantitative estimate of drug-likeness (QED) is 0.789. The summed E-state index contributed by atoms with van der Waals surface area (Å²) in [5.41, 5.74) is 5.89. The molecule has 0 radical (unpaired) electrons. The third-order valence-corrected chi connectivity index (χ3v) is 3.14. The van der Waals surface area contributed by atoms with Gasteiger partial charge in [0.1, 0.15) is 5.82 Å². The second kappa shape index (κ2) is 5.14. The highest BCUT2D eigenvalue weighted by Crippen LogP contribution is 2.26. The first-order valence-electron chi connectivity index (χ1n) is 5.90. The number of nitrogens with one attached hydrogen (secondary N) is 1. The lowest BCUT2D eigenvalue weighted by Gasteiger charge is -2.26. The van der Waals surface area contributed by atoms with Crippen molar-refractivity contribution < 1.29 is 4.79 Å². The SMILES string of the molecule is CNCC1CCCN1c1ncccc1C(N)=O. The lowest BCUT2D eigenvalue weighted by atomic mass is 10.2. The molecule has 17 heavy (non-hydrogen) atoms. The van der Waals surface area contributed by atoms with Crippen LogP contribution in [-0.2, 0) is 0 Å². The van der Waals surface area contributed by atoms with Crippen LogP contribution in [0.3, 0.4) is 0 Å². The minimum atomic E-state index is -0.414. The second-order valence-electron chi connectivity index (χ2n) is 4.29. The Bertz CT molecular complexity index is 407. The highest BCUT2D eigenvalue weighted by molar-refractivity contribution is 5.97. The van der Waals surface area contributed by atoms with Gasteiger partial charge in [0.25, 0.3) is 5.91 Å². The summed E-state index contributed by atoms with van der Waals surface area (Å²) in [7, 11) is 1.93. The van der Waals surface area contributed by atoms with Gasteiger partial charge in [-0.15, -0.1) is 0 Å². The van der Waals surface area contributed by atoms with Crippen molar-refractivity contribution in [3.8, 4) is 0 Å². The number of hydrogen-bond acceptors (Lipinski definition) is 4. The molecule has 1 aromatic rings. The molecule has 2 heterocycles. The molecule has 1 fully saturated rings. The molecule has 1 aromatic heterocycles. The van der Waals surface area contributed by atoms with Crippen molar-refractivity contribution in [1.82, 2.24) is 10.3 Å². The van der Waals surface area contributed by atoms with E-state index in [1.807, 2.05) is 7.05 Å². The Morgan fingerprint density at radius 2 is 2.53 bits per heavy atom. The fraction of sp³-hybridized carbons (Fsp3) is 0.500. The molecule has 1 aliphatic heterocycles. The van der Waals surface area contributed by atoms with Crippen molar-refractivity contribution in [2.75, 3.05) is 25.0 Å². The normalized spacial score (nSPS) is 19.6. The van der Waals surface area contributed by atoms with Crippen LogP contribution in [0.2, 0.25) is 0 Å². The number of likely N-dealkylation sites (N-methyl/N-ethyl adjacent to an activating group) is 1. The highest BCUT2D eigenvalue weighted by Gasteiger charge is 2.27. The Kier molecular flexibility index (Phi) is 3.58. The fourth-order valence-corrected chi connectivity index (χ4v) is 2.38. The standard InChI is InChI=1S/C12H18N4O/c1-14-8-9-4-3-7-16(9)12-10(11(13)17)5-2-6-15-12/h2,5-6,9,14H,3-4,7-8H2,1H3,(H2,13,17). The number of amides is 1. The van der Waals surface area contributed by atoms with Crippen LogP contribution in [0.25, 0.3) is 0 Å². The molecule has 0 saturated carbocycles. The molecule has 1 amide bonds. The summed E-state index contributed by atoms with van der Waals surface area (Å²) in [6, 6.07) is 3.87. The Morgan fingerprint density at radius 1 is 1.71 bits per heavy atom. The minimum Gasteiger partial charge on any atom is -0.365 e. The Balaban J connectivity index is 2.29. The predicted octanol–water partition coefficient (Wildman–Crippen LogP) is 0.369. The molecule has 5 heteroatoms. The maximum absolute atomic E-state index is 11.4. The van der Waals surface area contributed by atoms with E-state index in [2.05, 4.69) is 15.2 Å². The van der Waals surface area contributed by atoms with Gasteiger partial charge in [-0.1, -0.05) is 0 Å². The number of carbonyl (C=O) groups is 1. The van der Waals surface area contributed by atoms with Crippen LogP contribution >= 0.6 is 0 Å². The molecule has 2 rings (SSSR count). The smallest absolute Gasteiger partial charge is 0.252 e. The third-order valence-electron chi connectivity index (χ3n) is 3.14. The fourth-order valence-electron chi connectivity index (χ4n) is 2.38. The Labute approximate surface area is 101 Å². The van der Waals surface area contributed by atoms with Gasteiger partial charge in [-0.05, 0) is 32.0 Å². The molecular formula is C12H18N4O. The van der Waals surface area contributed by atoms with Crippen molar-refractivity contribution in [3.63, 3.8) is 0 Å². The van der Waals surface area contributed by atoms with Crippen LogP contribution in [0.5, 0.6) is 0 Å². The van der Waals surface area contributed by atoms with Crippen molar-refractivity contribution in [1.29, 1.82) is 0 Å². The van der Waals surface area contributed by atoms with Crippen LogP contribution in [-0.4, -0.2) is 37.1 Å². The van der Waals surface area contributed by atoms with Crippen LogP contribution in [0.15, 0.2) is 18.3 Å². The zero-order valence-electron chi connectivity index (χ0n) is 10.0. The molecule has 0 aliphatic carbocycles. The van der Waals surface area contributed by atoms with Gasteiger partial charge < -0.3 is 16.0 Å². The van der Waals surface area contributed by atoms with E-state index in [-0.39, 0.29) is 0 Å². The number of primary amides is 1. The first-order chi connectivity index (χ1) is 8.24. The summed E-state index contributed by atoms with van der Waals surface area (Å²) in [6.45, 7) is 1.83. The van der Waals surface area contributed by atoms with E-state index in [9.17, 15) is 4.79 Å². The maximum Gasteiger partial charge on any atom is 0.252 e. The van der Waals surface area contributed by atoms with E-state index < -0.39 is 5.91 Å². The largest absolute Gasteiger partial charge is 0.365 e. The zero-order valence-corrected chi connectivity index (χ0v) is 10.0. The van der Waals surface area contributed by atoms with E-state index in [0.717, 1.165) is 31.7 Å². The summed E-state index contributed by atoms with van der Waals surface area (Å²) in [4.78, 5) is 17.9. The molecule has 5 nitrogen and oxygen atoms in total. The molecular weight excluding hydrogens is 216 g/mol. The number of rotatable bonds is 4. The van der Waals surface area contributed by atoms with Crippen LogP contribution in [0.4, 0.5) is 5.82 Å². The summed E-state index contributed by atoms with van der Waals surface area (Å²) in [6.07, 6.45) is 3.95. The summed E-state index contributed by atoms with van der Waals surface area (Å²) in [5.74, 6) is 0.306. The molecule has 1 aliphatic rings. The molecule has 1 atom stereocenters. The number of carbonyl (C=O) groups excluding carboxylic acids is 1. The monoisotopic (exact) mass is 234 g/mol. The van der Waals surface area contributed by atoms with Gasteiger partial charge in [-0.3, -0.25) is 4.79 Å². The van der Waals surface area contributed by atoms with Gasteiger partial charge in [0.05, 0.1) is 5.56 Å². The van der Waals surface area contributed by atoms with E-state index in [1.165, 1.54) is 0 Å². The van der Waals surface area contributed by atoms with Crippen molar-refractivity contribution in [3.05, 3.63) is 23.9 Å². The second-order valence-corrected chi connectivity index (χ2v) is 4.29. The molecule has 1 saturated heterocycles. The molecule has 0 spiro atoms. The Hall–Kier alpha value is -1.62. The molecule has 0 aromatic carbocycles. The number of anilines is 1. The van der Waals surface area contributed by atoms with Gasteiger partial charge in [-0.25, -0.2) is 4.98 Å². The number of nitrogens with zero attached hydrogens (tertiary/aromatic N) is 2. The highest BCUT2D eigenvalue weighted by atomic mass is 16.1. The summed E-state index contributed by atoms with van der Waals surface area (Å²) >= 11 is 0. The first kappa shape index (κ1) is 11.9. The van der Waals surface area contributed by atoms with Gasteiger partial charge in [0.15, 0.2) is 0 Å². The van der Waals surface area contributed by atoms with Gasteiger partial charge >= 0.3 is 0 Å². The third kappa shape index (κ3) is 2.39. The van der Waals surface area contributed by atoms with E-state index in [4.69, 9.17) is 5.73 Å². The van der Waals surface area contributed by atoms with E-state index >= 15 is 0 Å². The molecule has 1 unspecified atom stereocenters. The van der Waals surface area contributed by atoms with E-state index in [0.29, 0.717) is 11.6 Å². The predicted molar refractivity (Wildman–Crippen MR) is 67.0 cm³/mol. The zero-order chi connectivity index (χ0) is 12.3. The molecule has 0 bridgehead atoms. The topological polar surface area (TPSA) is 71.2 Å². The lowest BCUT2D eigenvalue weighted by Crippen LogP contribution is -2.38. The number of pyridine rings is 1. The minimum absolute atomic E-state index is 0.396. The van der Waals surface area contributed by atoms with Gasteiger partial charge in [0, 0.05) is 25.3 Å². The average molecular weight is 234 g/mol. The van der Waals surface area contributed by atoms with Crippen molar-refractivity contribution in [2.45, 2.75) is 18.9 Å². The molecule has 3 N–H and O–H groups in total. The summed E-state index contributed by atoms with van der Waals surface area (Å²) < 4.78 is 0. The maximum atomic E-state index is 11.4. The van der Waals surface area contributed by atoms with Crippen molar-refractivity contribution >= 4 is 11.7 Å². The van der Waals surface area contributed by atoms with Gasteiger partial charge in [0.2, 0.25) is 0 Å². The van der Waals surface area contributed by atoms with Crippen LogP contribution < -0.4 is 16.0 Å². The summed E-state index contributed by atoms with van der Waals surface area (Å²) in [5, 5.41) is 3.17. The number of hydrogen-bond donors (Lipinski definition) is 2. The average Bonchev–Trinajstić information content (AvgIpc) is 2.77. The first-order valence-corrected chi connectivity index (χ1v) is 5.90. The molecule has 92 valence electrons. The van der Waals surface area contributed by atoms with Gasteiger partial charge in [-0.2, -0.15) is 0 Å².